The van der Waals surface area contributed by atoms with Gasteiger partial charge in [-0.05, 0) is 24.3 Å². The van der Waals surface area contributed by atoms with E-state index in [4.69, 9.17) is 27.9 Å². The number of benzene rings is 1. The predicted molar refractivity (Wildman–Crippen MR) is 97.9 cm³/mol. The summed E-state index contributed by atoms with van der Waals surface area (Å²) >= 11 is 13.3. The first kappa shape index (κ1) is 17.7. The molecule has 0 aliphatic carbocycles. The molecule has 130 valence electrons. The average Bonchev–Trinajstić information content (AvgIpc) is 3.25. The maximum atomic E-state index is 11.8. The quantitative estimate of drug-likeness (QED) is 0.664. The minimum atomic E-state index is -0.228. The lowest BCUT2D eigenvalue weighted by Gasteiger charge is -2.08. The van der Waals surface area contributed by atoms with Gasteiger partial charge >= 0.3 is 0 Å². The Morgan fingerprint density at radius 2 is 2.24 bits per heavy atom. The Labute approximate surface area is 158 Å². The lowest BCUT2D eigenvalue weighted by Crippen LogP contribution is -2.30. The average molecular weight is 397 g/mol. The van der Waals surface area contributed by atoms with E-state index < -0.39 is 0 Å². The van der Waals surface area contributed by atoms with Crippen molar-refractivity contribution in [3.8, 4) is 10.9 Å². The normalized spacial score (nSPS) is 10.6. The molecule has 2 aromatic heterocycles. The number of amides is 1. The Morgan fingerprint density at radius 1 is 1.36 bits per heavy atom. The topological polar surface area (TPSA) is 69.0 Å². The van der Waals surface area contributed by atoms with Gasteiger partial charge in [0.15, 0.2) is 6.61 Å². The van der Waals surface area contributed by atoms with Crippen molar-refractivity contribution in [2.75, 3.05) is 13.2 Å². The van der Waals surface area contributed by atoms with Gasteiger partial charge in [-0.15, -0.1) is 11.3 Å². The van der Waals surface area contributed by atoms with E-state index in [1.54, 1.807) is 29.1 Å². The lowest BCUT2D eigenvalue weighted by atomic mass is 10.3. The Kier molecular flexibility index (Phi) is 5.91. The van der Waals surface area contributed by atoms with Gasteiger partial charge in [0.1, 0.15) is 5.75 Å². The fraction of sp³-hybridized carbons (Fsp3) is 0.188. The third-order valence-electron chi connectivity index (χ3n) is 3.20. The molecule has 1 N–H and O–H groups in total. The van der Waals surface area contributed by atoms with E-state index in [1.807, 2.05) is 17.6 Å². The van der Waals surface area contributed by atoms with Crippen LogP contribution in [0.15, 0.2) is 42.0 Å². The Hall–Kier alpha value is -2.09. The van der Waals surface area contributed by atoms with Crippen LogP contribution < -0.4 is 10.1 Å². The van der Waals surface area contributed by atoms with E-state index in [2.05, 4.69) is 15.4 Å². The molecule has 0 radical (unpaired) electrons. The molecule has 25 heavy (non-hydrogen) atoms. The molecule has 0 aliphatic heterocycles. The predicted octanol–water partition coefficient (Wildman–Crippen LogP) is 3.37. The van der Waals surface area contributed by atoms with Crippen molar-refractivity contribution in [3.05, 3.63) is 57.8 Å². The number of halogens is 2. The molecule has 9 heteroatoms. The number of nitrogens with one attached hydrogen (secondary N) is 1. The van der Waals surface area contributed by atoms with Gasteiger partial charge in [0.05, 0.1) is 10.7 Å². The van der Waals surface area contributed by atoms with Gasteiger partial charge < -0.3 is 10.1 Å². The molecule has 0 aliphatic rings. The van der Waals surface area contributed by atoms with Crippen LogP contribution in [0.25, 0.3) is 5.13 Å². The molecule has 1 aromatic carbocycles. The number of ether oxygens (including phenoxy) is 1. The van der Waals surface area contributed by atoms with Crippen LogP contribution in [0.2, 0.25) is 10.0 Å². The number of hydrogen-bond acceptors (Lipinski definition) is 5. The Morgan fingerprint density at radius 3 is 3.00 bits per heavy atom. The van der Waals surface area contributed by atoms with Crippen LogP contribution in [0.3, 0.4) is 0 Å². The van der Waals surface area contributed by atoms with Crippen molar-refractivity contribution in [1.82, 2.24) is 20.1 Å². The van der Waals surface area contributed by atoms with Crippen molar-refractivity contribution in [2.45, 2.75) is 6.42 Å². The van der Waals surface area contributed by atoms with E-state index in [9.17, 15) is 4.79 Å². The van der Waals surface area contributed by atoms with Crippen molar-refractivity contribution < 1.29 is 9.53 Å². The zero-order valence-electron chi connectivity index (χ0n) is 13.0. The second-order valence-corrected chi connectivity index (χ2v) is 6.72. The van der Waals surface area contributed by atoms with Crippen molar-refractivity contribution >= 4 is 40.4 Å². The second-order valence-electron chi connectivity index (χ2n) is 5.04. The van der Waals surface area contributed by atoms with Crippen LogP contribution >= 0.6 is 34.5 Å². The largest absolute Gasteiger partial charge is 0.482 e. The molecule has 0 atom stereocenters. The van der Waals surface area contributed by atoms with Crippen molar-refractivity contribution in [3.63, 3.8) is 0 Å². The first-order valence-electron chi connectivity index (χ1n) is 7.41. The highest BCUT2D eigenvalue weighted by Crippen LogP contribution is 2.27. The Bertz CT molecular complexity index is 852. The summed E-state index contributed by atoms with van der Waals surface area (Å²) in [6.07, 6.45) is 4.17. The molecule has 0 saturated carbocycles. The van der Waals surface area contributed by atoms with Gasteiger partial charge in [-0.2, -0.15) is 5.10 Å². The highest BCUT2D eigenvalue weighted by atomic mass is 35.5. The SMILES string of the molecule is O=C(COc1ccc(Cl)cc1Cl)NCCc1csc(-n2cccn2)n1. The second kappa shape index (κ2) is 8.33. The fourth-order valence-electron chi connectivity index (χ4n) is 2.01. The van der Waals surface area contributed by atoms with Gasteiger partial charge in [0.25, 0.3) is 5.91 Å². The van der Waals surface area contributed by atoms with Crippen LogP contribution in [0, 0.1) is 0 Å². The maximum absolute atomic E-state index is 11.8. The number of rotatable bonds is 7. The zero-order valence-corrected chi connectivity index (χ0v) is 15.3. The van der Waals surface area contributed by atoms with Crippen LogP contribution in [0.5, 0.6) is 5.75 Å². The molecule has 2 heterocycles. The van der Waals surface area contributed by atoms with Gasteiger partial charge in [0, 0.05) is 35.8 Å². The number of hydrogen-bond donors (Lipinski definition) is 1. The standard InChI is InChI=1S/C16H14Cl2N4O2S/c17-11-2-3-14(13(18)8-11)24-9-15(23)19-6-4-12-10-25-16(21-12)22-7-1-5-20-22/h1-3,5,7-8,10H,4,6,9H2,(H,19,23). The molecule has 0 unspecified atom stereocenters. The highest BCUT2D eigenvalue weighted by molar-refractivity contribution is 7.12. The van der Waals surface area contributed by atoms with Gasteiger partial charge in [-0.3, -0.25) is 4.79 Å². The number of carbonyl (C=O) groups excluding carboxylic acids is 1. The summed E-state index contributed by atoms with van der Waals surface area (Å²) in [7, 11) is 0. The summed E-state index contributed by atoms with van der Waals surface area (Å²) in [5.74, 6) is 0.193. The van der Waals surface area contributed by atoms with Crippen LogP contribution in [0.4, 0.5) is 0 Å². The first-order chi connectivity index (χ1) is 12.1. The number of aromatic nitrogens is 3. The molecular formula is C16H14Cl2N4O2S. The van der Waals surface area contributed by atoms with Gasteiger partial charge in [-0.25, -0.2) is 9.67 Å². The number of carbonyl (C=O) groups is 1. The van der Waals surface area contributed by atoms with Crippen LogP contribution in [0.1, 0.15) is 5.69 Å². The molecular weight excluding hydrogens is 383 g/mol. The van der Waals surface area contributed by atoms with E-state index in [-0.39, 0.29) is 12.5 Å². The summed E-state index contributed by atoms with van der Waals surface area (Å²) in [5.41, 5.74) is 0.900. The summed E-state index contributed by atoms with van der Waals surface area (Å²) in [6, 6.07) is 6.69. The van der Waals surface area contributed by atoms with E-state index in [0.29, 0.717) is 28.8 Å². The summed E-state index contributed by atoms with van der Waals surface area (Å²) in [6.45, 7) is 0.357. The summed E-state index contributed by atoms with van der Waals surface area (Å²) in [5, 5.41) is 10.6. The van der Waals surface area contributed by atoms with E-state index in [0.717, 1.165) is 10.8 Å². The van der Waals surface area contributed by atoms with E-state index in [1.165, 1.54) is 11.3 Å². The zero-order chi connectivity index (χ0) is 17.6. The lowest BCUT2D eigenvalue weighted by molar-refractivity contribution is -0.123. The minimum Gasteiger partial charge on any atom is -0.482 e. The molecule has 0 saturated heterocycles. The smallest absolute Gasteiger partial charge is 0.257 e. The number of thiazole rings is 1. The van der Waals surface area contributed by atoms with Gasteiger partial charge in [-0.1, -0.05) is 23.2 Å². The van der Waals surface area contributed by atoms with Crippen molar-refractivity contribution in [1.29, 1.82) is 0 Å². The van der Waals surface area contributed by atoms with Crippen LogP contribution in [-0.4, -0.2) is 33.8 Å². The fourth-order valence-corrected chi connectivity index (χ4v) is 3.28. The maximum Gasteiger partial charge on any atom is 0.257 e. The third-order valence-corrected chi connectivity index (χ3v) is 4.61. The minimum absolute atomic E-state index is 0.114. The Balaban J connectivity index is 1.42. The molecule has 1 amide bonds. The molecule has 0 bridgehead atoms. The number of nitrogens with zero attached hydrogens (tertiary/aromatic N) is 3. The molecule has 3 aromatic rings. The molecule has 6 nitrogen and oxygen atoms in total. The highest BCUT2D eigenvalue weighted by Gasteiger charge is 2.08. The molecule has 0 spiro atoms. The monoisotopic (exact) mass is 396 g/mol. The van der Waals surface area contributed by atoms with Crippen LogP contribution in [-0.2, 0) is 11.2 Å². The van der Waals surface area contributed by atoms with Crippen molar-refractivity contribution in [2.24, 2.45) is 0 Å². The third kappa shape index (κ3) is 4.94. The summed E-state index contributed by atoms with van der Waals surface area (Å²) < 4.78 is 7.09. The molecule has 3 rings (SSSR count). The van der Waals surface area contributed by atoms with E-state index >= 15 is 0 Å². The first-order valence-corrected chi connectivity index (χ1v) is 9.04. The molecule has 0 fully saturated rings. The van der Waals surface area contributed by atoms with Gasteiger partial charge in [0.2, 0.25) is 5.13 Å². The summed E-state index contributed by atoms with van der Waals surface area (Å²) in [4.78, 5) is 16.3.